The van der Waals surface area contributed by atoms with Gasteiger partial charge in [0.05, 0.1) is 15.9 Å². The zero-order valence-corrected chi connectivity index (χ0v) is 14.8. The van der Waals surface area contributed by atoms with Gasteiger partial charge in [0.2, 0.25) is 5.82 Å². The first kappa shape index (κ1) is 15.0. The summed E-state index contributed by atoms with van der Waals surface area (Å²) >= 11 is 1.61. The number of aryl methyl sites for hydroxylation is 1. The quantitative estimate of drug-likeness (QED) is 0.545. The second-order valence-electron chi connectivity index (χ2n) is 6.73. The molecule has 0 amide bonds. The van der Waals surface area contributed by atoms with E-state index in [9.17, 15) is 0 Å². The second kappa shape index (κ2) is 5.24. The Morgan fingerprint density at radius 2 is 2.00 bits per heavy atom. The smallest absolute Gasteiger partial charge is 0.258 e. The summed E-state index contributed by atoms with van der Waals surface area (Å²) in [5, 5.41) is 14.7. The molecule has 0 bridgehead atoms. The van der Waals surface area contributed by atoms with Gasteiger partial charge in [-0.3, -0.25) is 0 Å². The van der Waals surface area contributed by atoms with Crippen LogP contribution in [0.5, 0.6) is 0 Å². The van der Waals surface area contributed by atoms with Crippen LogP contribution in [0.1, 0.15) is 26.3 Å². The normalized spacial score (nSPS) is 12.2. The Kier molecular flexibility index (Phi) is 3.28. The van der Waals surface area contributed by atoms with E-state index < -0.39 is 0 Å². The summed E-state index contributed by atoms with van der Waals surface area (Å²) in [5.41, 5.74) is 3.67. The van der Waals surface area contributed by atoms with Crippen molar-refractivity contribution < 1.29 is 4.52 Å². The van der Waals surface area contributed by atoms with Crippen LogP contribution in [-0.2, 0) is 5.54 Å². The van der Waals surface area contributed by atoms with Crippen LogP contribution in [0.3, 0.4) is 0 Å². The molecule has 0 saturated heterocycles. The third-order valence-electron chi connectivity index (χ3n) is 3.82. The molecule has 0 unspecified atom stereocenters. The first-order chi connectivity index (χ1) is 11.4. The zero-order chi connectivity index (χ0) is 16.9. The van der Waals surface area contributed by atoms with E-state index >= 15 is 0 Å². The number of thiophene rings is 1. The van der Waals surface area contributed by atoms with Crippen molar-refractivity contribution in [3.63, 3.8) is 0 Å². The number of rotatable bonds is 2. The standard InChI is InChI=1S/C17H17N5OS/c1-10-7-8-24-14(10)15-18-16(23-20-15)11-5-6-13-12(9-11)19-21-22(13)17(2,3)4/h5-9H,1-4H3. The highest BCUT2D eigenvalue weighted by Gasteiger charge is 2.19. The van der Waals surface area contributed by atoms with E-state index in [1.807, 2.05) is 41.3 Å². The van der Waals surface area contributed by atoms with E-state index in [0.29, 0.717) is 11.7 Å². The highest BCUT2D eigenvalue weighted by molar-refractivity contribution is 7.13. The predicted octanol–water partition coefficient (Wildman–Crippen LogP) is 4.27. The van der Waals surface area contributed by atoms with Crippen LogP contribution < -0.4 is 0 Å². The Labute approximate surface area is 143 Å². The maximum Gasteiger partial charge on any atom is 0.258 e. The molecule has 0 aliphatic rings. The van der Waals surface area contributed by atoms with Crippen molar-refractivity contribution in [1.82, 2.24) is 25.1 Å². The van der Waals surface area contributed by atoms with Gasteiger partial charge in [0.15, 0.2) is 0 Å². The van der Waals surface area contributed by atoms with Crippen molar-refractivity contribution in [2.75, 3.05) is 0 Å². The lowest BCUT2D eigenvalue weighted by Crippen LogP contribution is -2.22. The lowest BCUT2D eigenvalue weighted by Gasteiger charge is -2.19. The van der Waals surface area contributed by atoms with Crippen LogP contribution in [0.25, 0.3) is 33.2 Å². The molecule has 4 aromatic rings. The number of aromatic nitrogens is 5. The molecule has 0 radical (unpaired) electrons. The van der Waals surface area contributed by atoms with E-state index in [1.54, 1.807) is 11.3 Å². The maximum atomic E-state index is 5.44. The van der Waals surface area contributed by atoms with E-state index in [4.69, 9.17) is 4.52 Å². The predicted molar refractivity (Wildman–Crippen MR) is 93.9 cm³/mol. The van der Waals surface area contributed by atoms with Crippen LogP contribution in [-0.4, -0.2) is 25.1 Å². The first-order valence-electron chi connectivity index (χ1n) is 7.68. The van der Waals surface area contributed by atoms with Gasteiger partial charge in [-0.2, -0.15) is 4.98 Å². The van der Waals surface area contributed by atoms with Crippen molar-refractivity contribution >= 4 is 22.4 Å². The lowest BCUT2D eigenvalue weighted by atomic mass is 10.1. The minimum atomic E-state index is -0.120. The van der Waals surface area contributed by atoms with Crippen LogP contribution in [0, 0.1) is 6.92 Å². The van der Waals surface area contributed by atoms with Crippen molar-refractivity contribution in [3.05, 3.63) is 35.2 Å². The lowest BCUT2D eigenvalue weighted by molar-refractivity contribution is 0.358. The van der Waals surface area contributed by atoms with Crippen molar-refractivity contribution in [1.29, 1.82) is 0 Å². The van der Waals surface area contributed by atoms with Crippen LogP contribution >= 0.6 is 11.3 Å². The Hall–Kier alpha value is -2.54. The van der Waals surface area contributed by atoms with Gasteiger partial charge in [-0.05, 0) is 62.9 Å². The SMILES string of the molecule is Cc1ccsc1-c1noc(-c2ccc3c(c2)nnn3C(C)(C)C)n1. The highest BCUT2D eigenvalue weighted by atomic mass is 32.1. The molecule has 0 aliphatic heterocycles. The van der Waals surface area contributed by atoms with Gasteiger partial charge in [0, 0.05) is 5.56 Å². The molecule has 0 saturated carbocycles. The van der Waals surface area contributed by atoms with E-state index in [2.05, 4.69) is 41.2 Å². The molecule has 3 aromatic heterocycles. The van der Waals surface area contributed by atoms with Gasteiger partial charge in [-0.15, -0.1) is 16.4 Å². The number of hydrogen-bond acceptors (Lipinski definition) is 6. The molecule has 24 heavy (non-hydrogen) atoms. The summed E-state index contributed by atoms with van der Waals surface area (Å²) in [6.07, 6.45) is 0. The number of benzene rings is 1. The molecule has 6 nitrogen and oxygen atoms in total. The summed E-state index contributed by atoms with van der Waals surface area (Å²) < 4.78 is 7.36. The average molecular weight is 339 g/mol. The fraction of sp³-hybridized carbons (Fsp3) is 0.294. The summed E-state index contributed by atoms with van der Waals surface area (Å²) in [7, 11) is 0. The monoisotopic (exact) mass is 339 g/mol. The number of fused-ring (bicyclic) bond motifs is 1. The first-order valence-corrected chi connectivity index (χ1v) is 8.56. The summed E-state index contributed by atoms with van der Waals surface area (Å²) in [6.45, 7) is 8.34. The molecular weight excluding hydrogens is 322 g/mol. The topological polar surface area (TPSA) is 69.6 Å². The van der Waals surface area contributed by atoms with E-state index in [1.165, 1.54) is 0 Å². The van der Waals surface area contributed by atoms with E-state index in [-0.39, 0.29) is 5.54 Å². The molecule has 0 fully saturated rings. The Bertz CT molecular complexity index is 1020. The van der Waals surface area contributed by atoms with Crippen molar-refractivity contribution in [2.24, 2.45) is 0 Å². The van der Waals surface area contributed by atoms with Gasteiger partial charge in [0.25, 0.3) is 5.89 Å². The summed E-state index contributed by atoms with van der Waals surface area (Å²) in [4.78, 5) is 5.56. The van der Waals surface area contributed by atoms with Crippen LogP contribution in [0.15, 0.2) is 34.2 Å². The molecule has 122 valence electrons. The minimum Gasteiger partial charge on any atom is -0.334 e. The van der Waals surface area contributed by atoms with Crippen LogP contribution in [0.2, 0.25) is 0 Å². The maximum absolute atomic E-state index is 5.44. The fourth-order valence-electron chi connectivity index (χ4n) is 2.59. The van der Waals surface area contributed by atoms with Gasteiger partial charge in [0.1, 0.15) is 5.52 Å². The highest BCUT2D eigenvalue weighted by Crippen LogP contribution is 2.30. The second-order valence-corrected chi connectivity index (χ2v) is 7.65. The van der Waals surface area contributed by atoms with Crippen molar-refractivity contribution in [3.8, 4) is 22.2 Å². The molecule has 0 aliphatic carbocycles. The van der Waals surface area contributed by atoms with Crippen molar-refractivity contribution in [2.45, 2.75) is 33.2 Å². The Morgan fingerprint density at radius 1 is 1.17 bits per heavy atom. The molecule has 3 heterocycles. The third kappa shape index (κ3) is 2.41. The van der Waals surface area contributed by atoms with Gasteiger partial charge >= 0.3 is 0 Å². The largest absolute Gasteiger partial charge is 0.334 e. The Balaban J connectivity index is 1.75. The average Bonchev–Trinajstić information content (AvgIpc) is 3.23. The van der Waals surface area contributed by atoms with Gasteiger partial charge < -0.3 is 4.52 Å². The molecular formula is C17H17N5OS. The molecule has 0 N–H and O–H groups in total. The summed E-state index contributed by atoms with van der Waals surface area (Å²) in [5.74, 6) is 1.11. The van der Waals surface area contributed by atoms with E-state index in [0.717, 1.165) is 27.0 Å². The van der Waals surface area contributed by atoms with Gasteiger partial charge in [-0.25, -0.2) is 4.68 Å². The summed E-state index contributed by atoms with van der Waals surface area (Å²) in [6, 6.07) is 7.94. The third-order valence-corrected chi connectivity index (χ3v) is 4.83. The van der Waals surface area contributed by atoms with Crippen LogP contribution in [0.4, 0.5) is 0 Å². The molecule has 0 spiro atoms. The number of nitrogens with zero attached hydrogens (tertiary/aromatic N) is 5. The molecule has 7 heteroatoms. The molecule has 4 rings (SSSR count). The molecule has 1 aromatic carbocycles. The fourth-order valence-corrected chi connectivity index (χ4v) is 3.44. The van der Waals surface area contributed by atoms with Gasteiger partial charge in [-0.1, -0.05) is 10.4 Å². The minimum absolute atomic E-state index is 0.120. The Morgan fingerprint density at radius 3 is 2.71 bits per heavy atom. The molecule has 0 atom stereocenters. The zero-order valence-electron chi connectivity index (χ0n) is 13.9. The number of hydrogen-bond donors (Lipinski definition) is 0.